The summed E-state index contributed by atoms with van der Waals surface area (Å²) < 4.78 is 1.84. The number of carbonyl (C=O) groups excluding carboxylic acids is 1. The molecule has 2 amide bonds. The molecule has 0 aromatic carbocycles. The number of aromatic nitrogens is 3. The fourth-order valence-electron chi connectivity index (χ4n) is 2.89. The molecule has 1 aliphatic rings. The van der Waals surface area contributed by atoms with E-state index >= 15 is 0 Å². The molecule has 1 N–H and O–H groups in total. The van der Waals surface area contributed by atoms with Crippen LogP contribution in [0.25, 0.3) is 0 Å². The van der Waals surface area contributed by atoms with Gasteiger partial charge in [0.25, 0.3) is 0 Å². The van der Waals surface area contributed by atoms with E-state index in [1.54, 1.807) is 6.20 Å². The lowest BCUT2D eigenvalue weighted by Crippen LogP contribution is -2.51. The Morgan fingerprint density at radius 1 is 1.17 bits per heavy atom. The Bertz CT molecular complexity index is 648. The van der Waals surface area contributed by atoms with Gasteiger partial charge in [0, 0.05) is 70.8 Å². The van der Waals surface area contributed by atoms with Gasteiger partial charge in [-0.2, -0.15) is 5.10 Å². The molecule has 0 aliphatic carbocycles. The van der Waals surface area contributed by atoms with E-state index in [0.717, 1.165) is 50.5 Å². The van der Waals surface area contributed by atoms with E-state index in [9.17, 15) is 4.79 Å². The summed E-state index contributed by atoms with van der Waals surface area (Å²) in [6.07, 6.45) is 4.39. The molecule has 2 aromatic heterocycles. The number of piperazine rings is 1. The van der Waals surface area contributed by atoms with Crippen LogP contribution in [0.1, 0.15) is 11.4 Å². The van der Waals surface area contributed by atoms with Crippen LogP contribution in [0.4, 0.5) is 4.79 Å². The average molecular weight is 328 g/mol. The monoisotopic (exact) mass is 328 g/mol. The normalized spacial score (nSPS) is 15.5. The maximum absolute atomic E-state index is 12.2. The van der Waals surface area contributed by atoms with Crippen molar-refractivity contribution in [2.45, 2.75) is 13.0 Å². The first-order valence-corrected chi connectivity index (χ1v) is 8.34. The molecule has 0 bridgehead atoms. The zero-order valence-electron chi connectivity index (χ0n) is 14.1. The van der Waals surface area contributed by atoms with Crippen molar-refractivity contribution in [2.24, 2.45) is 7.05 Å². The standard InChI is InChI=1S/C17H24N6O/c1-21-16(6-9-20-21)5-8-19-17(24)23-12-10-22(11-13-23)14-15-4-2-3-7-18-15/h2-4,6-7,9H,5,8,10-14H2,1H3,(H,19,24). The smallest absolute Gasteiger partial charge is 0.317 e. The largest absolute Gasteiger partial charge is 0.338 e. The summed E-state index contributed by atoms with van der Waals surface area (Å²) in [5, 5.41) is 7.13. The molecule has 128 valence electrons. The molecule has 1 fully saturated rings. The molecular weight excluding hydrogens is 304 g/mol. The average Bonchev–Trinajstić information content (AvgIpc) is 3.01. The van der Waals surface area contributed by atoms with E-state index in [1.807, 2.05) is 47.1 Å². The summed E-state index contributed by atoms with van der Waals surface area (Å²) in [6.45, 7) is 4.75. The van der Waals surface area contributed by atoms with E-state index in [4.69, 9.17) is 0 Å². The Morgan fingerprint density at radius 2 is 2.00 bits per heavy atom. The first-order valence-electron chi connectivity index (χ1n) is 8.34. The van der Waals surface area contributed by atoms with Crippen LogP contribution in [0.3, 0.4) is 0 Å². The lowest BCUT2D eigenvalue weighted by Gasteiger charge is -2.34. The minimum absolute atomic E-state index is 0.0228. The van der Waals surface area contributed by atoms with Crippen LogP contribution < -0.4 is 5.32 Å². The second-order valence-electron chi connectivity index (χ2n) is 6.01. The van der Waals surface area contributed by atoms with Crippen molar-refractivity contribution >= 4 is 6.03 Å². The SMILES string of the molecule is Cn1nccc1CCNC(=O)N1CCN(Cc2ccccn2)CC1. The van der Waals surface area contributed by atoms with Crippen molar-refractivity contribution in [1.82, 2.24) is 29.9 Å². The Balaban J connectivity index is 1.38. The maximum atomic E-state index is 12.2. The summed E-state index contributed by atoms with van der Waals surface area (Å²) in [6, 6.07) is 7.97. The highest BCUT2D eigenvalue weighted by molar-refractivity contribution is 5.74. The van der Waals surface area contributed by atoms with Crippen LogP contribution in [0.2, 0.25) is 0 Å². The number of nitrogens with one attached hydrogen (secondary N) is 1. The van der Waals surface area contributed by atoms with Crippen molar-refractivity contribution in [3.05, 3.63) is 48.0 Å². The Kier molecular flexibility index (Phi) is 5.43. The van der Waals surface area contributed by atoms with Gasteiger partial charge in [-0.25, -0.2) is 4.79 Å². The van der Waals surface area contributed by atoms with Gasteiger partial charge in [0.05, 0.1) is 5.69 Å². The number of hydrogen-bond donors (Lipinski definition) is 1. The number of rotatable bonds is 5. The maximum Gasteiger partial charge on any atom is 0.317 e. The second kappa shape index (κ2) is 7.92. The summed E-state index contributed by atoms with van der Waals surface area (Å²) >= 11 is 0. The third-order valence-corrected chi connectivity index (χ3v) is 4.35. The van der Waals surface area contributed by atoms with E-state index in [1.165, 1.54) is 0 Å². The van der Waals surface area contributed by atoms with E-state index in [-0.39, 0.29) is 6.03 Å². The van der Waals surface area contributed by atoms with Crippen molar-refractivity contribution in [2.75, 3.05) is 32.7 Å². The van der Waals surface area contributed by atoms with Crippen molar-refractivity contribution < 1.29 is 4.79 Å². The van der Waals surface area contributed by atoms with Crippen LogP contribution >= 0.6 is 0 Å². The van der Waals surface area contributed by atoms with Gasteiger partial charge >= 0.3 is 6.03 Å². The predicted molar refractivity (Wildman–Crippen MR) is 91.4 cm³/mol. The molecule has 7 nitrogen and oxygen atoms in total. The summed E-state index contributed by atoms with van der Waals surface area (Å²) in [5.41, 5.74) is 2.20. The first-order chi connectivity index (χ1) is 11.7. The number of amides is 2. The van der Waals surface area contributed by atoms with Crippen LogP contribution in [0, 0.1) is 0 Å². The van der Waals surface area contributed by atoms with Gasteiger partial charge in [-0.1, -0.05) is 6.07 Å². The molecular formula is C17H24N6O. The molecule has 1 aliphatic heterocycles. The summed E-state index contributed by atoms with van der Waals surface area (Å²) in [5.74, 6) is 0. The molecule has 7 heteroatoms. The van der Waals surface area contributed by atoms with Gasteiger partial charge < -0.3 is 10.2 Å². The summed E-state index contributed by atoms with van der Waals surface area (Å²) in [4.78, 5) is 20.8. The minimum atomic E-state index is 0.0228. The molecule has 0 atom stereocenters. The molecule has 0 unspecified atom stereocenters. The second-order valence-corrected chi connectivity index (χ2v) is 6.01. The minimum Gasteiger partial charge on any atom is -0.338 e. The van der Waals surface area contributed by atoms with Crippen molar-refractivity contribution in [1.29, 1.82) is 0 Å². The highest BCUT2D eigenvalue weighted by Gasteiger charge is 2.21. The zero-order valence-corrected chi connectivity index (χ0v) is 14.1. The molecule has 0 saturated carbocycles. The highest BCUT2D eigenvalue weighted by atomic mass is 16.2. The van der Waals surface area contributed by atoms with Gasteiger partial charge in [-0.05, 0) is 18.2 Å². The van der Waals surface area contributed by atoms with E-state index in [0.29, 0.717) is 6.54 Å². The number of aryl methyl sites for hydroxylation is 1. The fourth-order valence-corrected chi connectivity index (χ4v) is 2.89. The summed E-state index contributed by atoms with van der Waals surface area (Å²) in [7, 11) is 1.91. The molecule has 2 aromatic rings. The number of carbonyl (C=O) groups is 1. The van der Waals surface area contributed by atoms with Crippen LogP contribution in [-0.2, 0) is 20.0 Å². The lowest BCUT2D eigenvalue weighted by molar-refractivity contribution is 0.134. The van der Waals surface area contributed by atoms with Gasteiger partial charge in [-0.15, -0.1) is 0 Å². The van der Waals surface area contributed by atoms with E-state index in [2.05, 4.69) is 20.3 Å². The molecule has 3 heterocycles. The lowest BCUT2D eigenvalue weighted by atomic mass is 10.2. The zero-order chi connectivity index (χ0) is 16.8. The molecule has 3 rings (SSSR count). The fraction of sp³-hybridized carbons (Fsp3) is 0.471. The topological polar surface area (TPSA) is 66.3 Å². The molecule has 24 heavy (non-hydrogen) atoms. The Labute approximate surface area is 142 Å². The quantitative estimate of drug-likeness (QED) is 0.885. The first kappa shape index (κ1) is 16.4. The van der Waals surface area contributed by atoms with Gasteiger partial charge in [-0.3, -0.25) is 14.6 Å². The van der Waals surface area contributed by atoms with Gasteiger partial charge in [0.1, 0.15) is 0 Å². The third-order valence-electron chi connectivity index (χ3n) is 4.35. The van der Waals surface area contributed by atoms with Crippen LogP contribution in [-0.4, -0.2) is 63.3 Å². The van der Waals surface area contributed by atoms with Crippen molar-refractivity contribution in [3.63, 3.8) is 0 Å². The third kappa shape index (κ3) is 4.32. The predicted octanol–water partition coefficient (Wildman–Crippen LogP) is 0.885. The Hall–Kier alpha value is -2.41. The molecule has 1 saturated heterocycles. The van der Waals surface area contributed by atoms with Crippen LogP contribution in [0.5, 0.6) is 0 Å². The van der Waals surface area contributed by atoms with Crippen LogP contribution in [0.15, 0.2) is 36.7 Å². The number of pyridine rings is 1. The van der Waals surface area contributed by atoms with Gasteiger partial charge in [0.15, 0.2) is 0 Å². The molecule has 0 spiro atoms. The number of hydrogen-bond acceptors (Lipinski definition) is 4. The number of nitrogens with zero attached hydrogens (tertiary/aromatic N) is 5. The highest BCUT2D eigenvalue weighted by Crippen LogP contribution is 2.07. The molecule has 0 radical (unpaired) electrons. The number of urea groups is 1. The van der Waals surface area contributed by atoms with Gasteiger partial charge in [0.2, 0.25) is 0 Å². The van der Waals surface area contributed by atoms with Crippen molar-refractivity contribution in [3.8, 4) is 0 Å². The van der Waals surface area contributed by atoms with E-state index < -0.39 is 0 Å². The Morgan fingerprint density at radius 3 is 2.67 bits per heavy atom.